The first-order valence-electron chi connectivity index (χ1n) is 8.79. The number of carbonyl (C=O) groups is 2. The maximum absolute atomic E-state index is 12.7. The number of methoxy groups -OCH3 is 4. The van der Waals surface area contributed by atoms with Crippen LogP contribution in [-0.2, 0) is 9.47 Å². The Kier molecular flexibility index (Phi) is 8.84. The Morgan fingerprint density at radius 1 is 1.00 bits per heavy atom. The predicted molar refractivity (Wildman–Crippen MR) is 109 cm³/mol. The number of thiazole rings is 1. The van der Waals surface area contributed by atoms with Crippen LogP contribution in [0.3, 0.4) is 0 Å². The van der Waals surface area contributed by atoms with Crippen molar-refractivity contribution in [3.8, 4) is 11.5 Å². The number of rotatable bonds is 11. The van der Waals surface area contributed by atoms with Gasteiger partial charge < -0.3 is 23.8 Å². The fourth-order valence-electron chi connectivity index (χ4n) is 2.42. The van der Waals surface area contributed by atoms with Crippen LogP contribution in [0.25, 0.3) is 0 Å². The zero-order chi connectivity index (χ0) is 21.2. The summed E-state index contributed by atoms with van der Waals surface area (Å²) in [6.07, 6.45) is 0. The highest BCUT2D eigenvalue weighted by Gasteiger charge is 2.19. The van der Waals surface area contributed by atoms with Gasteiger partial charge in [-0.25, -0.2) is 4.98 Å². The molecule has 0 aliphatic heterocycles. The molecule has 2 amide bonds. The van der Waals surface area contributed by atoms with Gasteiger partial charge in [-0.05, 0) is 12.1 Å². The van der Waals surface area contributed by atoms with Gasteiger partial charge in [0.2, 0.25) is 0 Å². The first-order valence-corrected chi connectivity index (χ1v) is 9.67. The van der Waals surface area contributed by atoms with E-state index in [4.69, 9.17) is 18.9 Å². The minimum atomic E-state index is -0.383. The molecule has 0 radical (unpaired) electrons. The van der Waals surface area contributed by atoms with Gasteiger partial charge in [-0.2, -0.15) is 0 Å². The molecule has 9 nitrogen and oxygen atoms in total. The lowest BCUT2D eigenvalue weighted by Crippen LogP contribution is -2.36. The average molecular weight is 423 g/mol. The predicted octanol–water partition coefficient (Wildman–Crippen LogP) is 2.15. The van der Waals surface area contributed by atoms with E-state index in [1.807, 2.05) is 0 Å². The number of amides is 2. The summed E-state index contributed by atoms with van der Waals surface area (Å²) in [7, 11) is 6.16. The van der Waals surface area contributed by atoms with E-state index < -0.39 is 0 Å². The number of carbonyl (C=O) groups excluding carboxylic acids is 2. The van der Waals surface area contributed by atoms with Crippen LogP contribution in [-0.4, -0.2) is 76.4 Å². The molecule has 0 bridgehead atoms. The fraction of sp³-hybridized carbons (Fsp3) is 0.421. The van der Waals surface area contributed by atoms with Crippen molar-refractivity contribution in [1.82, 2.24) is 9.88 Å². The third-order valence-electron chi connectivity index (χ3n) is 3.98. The number of nitrogens with one attached hydrogen (secondary N) is 1. The van der Waals surface area contributed by atoms with Crippen LogP contribution >= 0.6 is 11.3 Å². The first kappa shape index (κ1) is 22.6. The summed E-state index contributed by atoms with van der Waals surface area (Å²) in [6, 6.07) is 4.86. The van der Waals surface area contributed by atoms with E-state index in [0.717, 1.165) is 0 Å². The Morgan fingerprint density at radius 2 is 1.59 bits per heavy atom. The second-order valence-electron chi connectivity index (χ2n) is 5.87. The number of aromatic nitrogens is 1. The lowest BCUT2D eigenvalue weighted by atomic mass is 10.2. The summed E-state index contributed by atoms with van der Waals surface area (Å²) in [5, 5.41) is 4.62. The van der Waals surface area contributed by atoms with Gasteiger partial charge in [-0.1, -0.05) is 0 Å². The molecular formula is C19H25N3O6S. The van der Waals surface area contributed by atoms with Crippen LogP contribution < -0.4 is 14.8 Å². The number of anilines is 1. The molecule has 0 saturated carbocycles. The molecule has 0 spiro atoms. The summed E-state index contributed by atoms with van der Waals surface area (Å²) >= 11 is 1.17. The Balaban J connectivity index is 2.10. The molecular weight excluding hydrogens is 398 g/mol. The fourth-order valence-corrected chi connectivity index (χ4v) is 3.10. The number of benzene rings is 1. The van der Waals surface area contributed by atoms with E-state index in [1.165, 1.54) is 25.6 Å². The summed E-state index contributed by atoms with van der Waals surface area (Å²) in [4.78, 5) is 31.1. The zero-order valence-corrected chi connectivity index (χ0v) is 17.7. The van der Waals surface area contributed by atoms with Gasteiger partial charge in [0.05, 0.1) is 27.4 Å². The molecule has 1 aromatic heterocycles. The molecule has 2 rings (SSSR count). The highest BCUT2D eigenvalue weighted by molar-refractivity contribution is 7.14. The van der Waals surface area contributed by atoms with Crippen LogP contribution in [0.1, 0.15) is 20.8 Å². The summed E-state index contributed by atoms with van der Waals surface area (Å²) in [5.74, 6) is 0.359. The first-order chi connectivity index (χ1) is 14.0. The van der Waals surface area contributed by atoms with Gasteiger partial charge in [-0.3, -0.25) is 14.9 Å². The van der Waals surface area contributed by atoms with E-state index in [9.17, 15) is 9.59 Å². The minimum Gasteiger partial charge on any atom is -0.497 e. The summed E-state index contributed by atoms with van der Waals surface area (Å²) in [6.45, 7) is 1.64. The van der Waals surface area contributed by atoms with Crippen molar-refractivity contribution in [3.63, 3.8) is 0 Å². The molecule has 0 unspecified atom stereocenters. The van der Waals surface area contributed by atoms with E-state index in [2.05, 4.69) is 10.3 Å². The van der Waals surface area contributed by atoms with Gasteiger partial charge in [0.25, 0.3) is 11.8 Å². The van der Waals surface area contributed by atoms with E-state index in [0.29, 0.717) is 48.5 Å². The number of hydrogen-bond donors (Lipinski definition) is 1. The third-order valence-corrected chi connectivity index (χ3v) is 4.73. The number of nitrogens with zero attached hydrogens (tertiary/aromatic N) is 2. The number of hydrogen-bond acceptors (Lipinski definition) is 8. The zero-order valence-electron chi connectivity index (χ0n) is 16.9. The molecule has 0 aliphatic carbocycles. The Morgan fingerprint density at radius 3 is 2.10 bits per heavy atom. The summed E-state index contributed by atoms with van der Waals surface area (Å²) < 4.78 is 20.5. The molecule has 1 aromatic carbocycles. The molecule has 0 atom stereocenters. The molecule has 0 fully saturated rings. The van der Waals surface area contributed by atoms with Crippen LogP contribution in [0.2, 0.25) is 0 Å². The van der Waals surface area contributed by atoms with Crippen LogP contribution in [0.4, 0.5) is 5.13 Å². The van der Waals surface area contributed by atoms with E-state index in [1.54, 1.807) is 42.7 Å². The maximum atomic E-state index is 12.7. The van der Waals surface area contributed by atoms with Crippen molar-refractivity contribution in [2.24, 2.45) is 0 Å². The van der Waals surface area contributed by atoms with Gasteiger partial charge in [0.1, 0.15) is 17.2 Å². The van der Waals surface area contributed by atoms with Crippen molar-refractivity contribution in [3.05, 3.63) is 34.8 Å². The van der Waals surface area contributed by atoms with Crippen LogP contribution in [0.5, 0.6) is 11.5 Å². The van der Waals surface area contributed by atoms with Gasteiger partial charge in [-0.15, -0.1) is 11.3 Å². The molecule has 2 aromatic rings. The molecule has 10 heteroatoms. The van der Waals surface area contributed by atoms with Gasteiger partial charge >= 0.3 is 0 Å². The quantitative estimate of drug-likeness (QED) is 0.591. The second-order valence-corrected chi connectivity index (χ2v) is 6.73. The second kappa shape index (κ2) is 11.3. The lowest BCUT2D eigenvalue weighted by molar-refractivity contribution is 0.0622. The molecule has 29 heavy (non-hydrogen) atoms. The standard InChI is InChI=1S/C19H25N3O6S/c1-25-7-5-22(6-8-26-2)18(24)16-12-29-19(20-16)21-17(23)13-9-14(27-3)11-15(10-13)28-4/h9-12H,5-8H2,1-4H3,(H,20,21,23). The van der Waals surface area contributed by atoms with Crippen LogP contribution in [0, 0.1) is 0 Å². The Hall–Kier alpha value is -2.69. The van der Waals surface area contributed by atoms with Gasteiger partial charge in [0.15, 0.2) is 5.13 Å². The van der Waals surface area contributed by atoms with Crippen molar-refractivity contribution in [2.45, 2.75) is 0 Å². The van der Waals surface area contributed by atoms with Crippen molar-refractivity contribution < 1.29 is 28.5 Å². The highest BCUT2D eigenvalue weighted by Crippen LogP contribution is 2.24. The van der Waals surface area contributed by atoms with E-state index in [-0.39, 0.29) is 17.5 Å². The molecule has 0 saturated heterocycles. The lowest BCUT2D eigenvalue weighted by Gasteiger charge is -2.20. The van der Waals surface area contributed by atoms with E-state index >= 15 is 0 Å². The van der Waals surface area contributed by atoms with Crippen molar-refractivity contribution in [1.29, 1.82) is 0 Å². The topological polar surface area (TPSA) is 99.2 Å². The monoisotopic (exact) mass is 423 g/mol. The Labute approximate surface area is 173 Å². The van der Waals surface area contributed by atoms with Crippen molar-refractivity contribution >= 4 is 28.3 Å². The maximum Gasteiger partial charge on any atom is 0.273 e. The minimum absolute atomic E-state index is 0.251. The number of ether oxygens (including phenoxy) is 4. The highest BCUT2D eigenvalue weighted by atomic mass is 32.1. The molecule has 1 heterocycles. The third kappa shape index (κ3) is 6.41. The smallest absolute Gasteiger partial charge is 0.273 e. The van der Waals surface area contributed by atoms with Crippen LogP contribution in [0.15, 0.2) is 23.6 Å². The SMILES string of the molecule is COCCN(CCOC)C(=O)c1csc(NC(=O)c2cc(OC)cc(OC)c2)n1. The Bertz CT molecular complexity index is 796. The summed E-state index contributed by atoms with van der Waals surface area (Å²) in [5.41, 5.74) is 0.604. The molecule has 158 valence electrons. The average Bonchev–Trinajstić information content (AvgIpc) is 3.21. The normalized spacial score (nSPS) is 10.5. The van der Waals surface area contributed by atoms with Gasteiger partial charge in [0, 0.05) is 44.3 Å². The molecule has 0 aliphatic rings. The van der Waals surface area contributed by atoms with Crippen molar-refractivity contribution in [2.75, 3.05) is 60.1 Å². The largest absolute Gasteiger partial charge is 0.497 e. The molecule has 1 N–H and O–H groups in total.